The Kier molecular flexibility index (Phi) is 25.6. The van der Waals surface area contributed by atoms with Crippen LogP contribution in [-0.4, -0.2) is 193 Å². The van der Waals surface area contributed by atoms with E-state index in [1.54, 1.807) is 25.2 Å². The van der Waals surface area contributed by atoms with Crippen molar-refractivity contribution in [1.82, 2.24) is 44.0 Å². The number of pyridine rings is 2. The first-order valence-electron chi connectivity index (χ1n) is 42.4. The lowest BCUT2D eigenvalue weighted by molar-refractivity contribution is -0.148. The monoisotopic (exact) mass is 1710 g/mol. The molecule has 2 N–H and O–H groups in total. The predicted octanol–water partition coefficient (Wildman–Crippen LogP) is 13.6. The molecule has 4 saturated carbocycles. The Labute approximate surface area is 705 Å². The Morgan fingerprint density at radius 3 is 2.04 bits per heavy atom. The number of ether oxygens (including phenoxy) is 4. The van der Waals surface area contributed by atoms with Gasteiger partial charge in [0.15, 0.2) is 11.6 Å². The lowest BCUT2D eigenvalue weighted by atomic mass is 9.77. The maximum absolute atomic E-state index is 15.0. The molecule has 0 radical (unpaired) electrons. The highest BCUT2D eigenvalue weighted by molar-refractivity contribution is 7.91. The minimum Gasteiger partial charge on any atom is -0.497 e. The number of alkyl halides is 2. The molecule has 4 aliphatic carbocycles. The normalized spacial score (nSPS) is 25.8. The fourth-order valence-corrected chi connectivity index (χ4v) is 21.7. The van der Waals surface area contributed by atoms with E-state index in [1.165, 1.54) is 16.2 Å². The van der Waals surface area contributed by atoms with Gasteiger partial charge in [0.05, 0.1) is 95.6 Å². The maximum Gasteiger partial charge on any atom is 0.265 e. The molecule has 120 heavy (non-hydrogen) atoms. The van der Waals surface area contributed by atoms with Crippen LogP contribution in [0.15, 0.2) is 103 Å². The number of rotatable bonds is 24. The molecule has 25 nitrogen and oxygen atoms in total. The van der Waals surface area contributed by atoms with E-state index >= 15 is 0 Å². The number of aryl methyl sites for hydroxylation is 1. The van der Waals surface area contributed by atoms with Crippen molar-refractivity contribution in [2.24, 2.45) is 39.9 Å². The van der Waals surface area contributed by atoms with E-state index in [2.05, 4.69) is 29.9 Å². The second kappa shape index (κ2) is 35.3. The third-order valence-corrected chi connectivity index (χ3v) is 30.3. The lowest BCUT2D eigenvalue weighted by Crippen LogP contribution is -2.49. The van der Waals surface area contributed by atoms with Crippen LogP contribution in [0.25, 0.3) is 43.8 Å². The molecule has 5 aliphatic heterocycles. The standard InChI is InChI=1S/C46H57F2N5O8S2.C44H54N4O8S/c1-27(2)35-25-62-42(50-35)34-21-39(33-15-16-38(60-4)28(3)41(33)49-34)61-31-20-36-37(54)23-45(44(57)51-63(58,59)32-13-14-32)22-30(45)12-9-7-5-6-8-11-29(43(56)53(36)24-31)19-40(55)52-18-10-17-46(47,48)26-52;1-6-29-25-44(29,42(52)46-57(53,54)32-16-17-32)26-38(49)37-22-31(27-48(37)41(51)34(43(2,3)4)23-40(50)47-19-11-8-12-20-47)56-39-24-35(28-13-9-7-10-14-28)45-36-21-30(55-5)15-18-33(36)39/h9,12,15-16,21,25,27,29-32,36H,5-8,10-11,13-14,17-20,22-24,26H2,1-4H3,(H,51,57);6-7,9-10,13-15,18,21,24,29,31-32,34,37H,1,8,11-12,16-17,19-20,22-23,25-27H2,2-5H3,(H,46,52)/b12-9-;/t29-,30-,31-,36+,45-;29-,31-,34-,37+,44-/m11/s1. The summed E-state index contributed by atoms with van der Waals surface area (Å²) in [7, 11) is -4.59. The maximum atomic E-state index is 15.0. The second-order valence-electron chi connectivity index (χ2n) is 35.9. The minimum atomic E-state index is -3.91. The Morgan fingerprint density at radius 1 is 0.725 bits per heavy atom. The quantitative estimate of drug-likeness (QED) is 0.0532. The molecule has 644 valence electrons. The van der Waals surface area contributed by atoms with Crippen LogP contribution in [-0.2, 0) is 58.4 Å². The predicted molar refractivity (Wildman–Crippen MR) is 451 cm³/mol. The summed E-state index contributed by atoms with van der Waals surface area (Å²) in [6, 6.07) is 20.5. The Bertz CT molecular complexity index is 5220. The largest absolute Gasteiger partial charge is 0.497 e. The van der Waals surface area contributed by atoms with Gasteiger partial charge in [0.25, 0.3) is 5.92 Å². The molecule has 9 aliphatic rings. The molecule has 15 rings (SSSR count). The zero-order chi connectivity index (χ0) is 85.5. The highest BCUT2D eigenvalue weighted by Gasteiger charge is 2.63. The van der Waals surface area contributed by atoms with Crippen molar-refractivity contribution in [2.45, 2.75) is 229 Å². The van der Waals surface area contributed by atoms with E-state index in [4.69, 9.17) is 33.9 Å². The van der Waals surface area contributed by atoms with Crippen molar-refractivity contribution in [2.75, 3.05) is 53.5 Å². The summed E-state index contributed by atoms with van der Waals surface area (Å²) in [4.78, 5) is 135. The van der Waals surface area contributed by atoms with Gasteiger partial charge in [0.2, 0.25) is 55.5 Å². The van der Waals surface area contributed by atoms with Gasteiger partial charge in [-0.3, -0.25) is 47.8 Å². The number of nitrogens with zero attached hydrogens (tertiary/aromatic N) is 7. The molecule has 6 amide bonds. The molecular formula is C90H111F2N9O16S3. The zero-order valence-electron chi connectivity index (χ0n) is 69.7. The summed E-state index contributed by atoms with van der Waals surface area (Å²) in [6.07, 6.45) is 11.8. The molecule has 0 bridgehead atoms. The van der Waals surface area contributed by atoms with Crippen molar-refractivity contribution in [3.63, 3.8) is 0 Å². The van der Waals surface area contributed by atoms with Crippen molar-refractivity contribution < 1.29 is 82.9 Å². The number of carbonyl (C=O) groups excluding carboxylic acids is 8. The van der Waals surface area contributed by atoms with Crippen LogP contribution >= 0.6 is 11.3 Å². The number of hydrogen-bond donors (Lipinski definition) is 2. The third-order valence-electron chi connectivity index (χ3n) is 25.7. The Morgan fingerprint density at radius 2 is 1.39 bits per heavy atom. The number of aromatic nitrogens is 3. The molecule has 0 unspecified atom stereocenters. The summed E-state index contributed by atoms with van der Waals surface area (Å²) >= 11 is 1.46. The number of nitrogens with one attached hydrogen (secondary N) is 2. The number of Topliss-reactive ketones (excluding diaryl/α,β-unsaturated/α-hetero) is 2. The molecule has 3 aromatic heterocycles. The number of sulfonamides is 2. The Hall–Kier alpha value is -9.29. The van der Waals surface area contributed by atoms with Crippen molar-refractivity contribution in [3.8, 4) is 45.0 Å². The highest BCUT2D eigenvalue weighted by Crippen LogP contribution is 2.59. The van der Waals surface area contributed by atoms with Gasteiger partial charge < -0.3 is 38.5 Å². The van der Waals surface area contributed by atoms with Crippen LogP contribution in [0.4, 0.5) is 8.78 Å². The number of hydrogen-bond acceptors (Lipinski definition) is 20. The molecule has 0 spiro atoms. The first-order valence-corrected chi connectivity index (χ1v) is 46.4. The summed E-state index contributed by atoms with van der Waals surface area (Å²) < 4.78 is 110. The second-order valence-corrected chi connectivity index (χ2v) is 40.6. The van der Waals surface area contributed by atoms with Crippen molar-refractivity contribution >= 4 is 100 Å². The number of halogens is 2. The first kappa shape index (κ1) is 87.1. The number of fused-ring (bicyclic) bond motifs is 4. The molecule has 3 aromatic carbocycles. The van der Waals surface area contributed by atoms with E-state index in [9.17, 15) is 64.0 Å². The average Bonchev–Trinajstić information content (AvgIpc) is 1.57. The van der Waals surface area contributed by atoms with E-state index in [0.29, 0.717) is 114 Å². The molecule has 8 heterocycles. The van der Waals surface area contributed by atoms with Crippen LogP contribution in [0, 0.1) is 46.8 Å². The number of likely N-dealkylation sites (tertiary alicyclic amines) is 3. The molecular weight excluding hydrogens is 1600 g/mol. The van der Waals surface area contributed by atoms with Gasteiger partial charge >= 0.3 is 0 Å². The third kappa shape index (κ3) is 19.3. The van der Waals surface area contributed by atoms with Crippen LogP contribution in [0.5, 0.6) is 23.0 Å². The van der Waals surface area contributed by atoms with Gasteiger partial charge in [-0.2, -0.15) is 0 Å². The highest BCUT2D eigenvalue weighted by atomic mass is 32.2. The topological polar surface area (TPSA) is 317 Å². The number of thiazole rings is 1. The van der Waals surface area contributed by atoms with Gasteiger partial charge in [0.1, 0.15) is 45.9 Å². The van der Waals surface area contributed by atoms with Crippen LogP contribution in [0.1, 0.15) is 193 Å². The van der Waals surface area contributed by atoms with Gasteiger partial charge in [-0.25, -0.2) is 40.6 Å². The average molecular weight is 1710 g/mol. The van der Waals surface area contributed by atoms with Crippen LogP contribution in [0.3, 0.4) is 0 Å². The van der Waals surface area contributed by atoms with Gasteiger partial charge in [0, 0.05) is 116 Å². The van der Waals surface area contributed by atoms with Crippen molar-refractivity contribution in [3.05, 3.63) is 114 Å². The van der Waals surface area contributed by atoms with Gasteiger partial charge in [-0.1, -0.05) is 96.0 Å². The fraction of sp³-hybridized carbons (Fsp3) is 0.567. The Balaban J connectivity index is 0.000000198. The summed E-state index contributed by atoms with van der Waals surface area (Å²) in [5.74, 6) is -6.52. The fourth-order valence-electron chi connectivity index (χ4n) is 18.0. The van der Waals surface area contributed by atoms with E-state index in [1.807, 2.05) is 123 Å². The minimum absolute atomic E-state index is 0.00639. The van der Waals surface area contributed by atoms with Gasteiger partial charge in [-0.05, 0) is 138 Å². The lowest BCUT2D eigenvalue weighted by Gasteiger charge is -2.36. The number of methoxy groups -OCH3 is 2. The summed E-state index contributed by atoms with van der Waals surface area (Å²) in [5, 5.41) is 2.85. The molecule has 4 saturated heterocycles. The number of piperidine rings is 2. The van der Waals surface area contributed by atoms with E-state index in [0.717, 1.165) is 59.2 Å². The first-order chi connectivity index (χ1) is 57.1. The molecule has 30 heteroatoms. The number of carbonyl (C=O) groups is 8. The SMILES string of the molecule is C=C[C@@H]1C[C@]1(CC(=O)[C@@H]1C[C@@H](Oc2cc(-c3ccccc3)nc3cc(OC)ccc23)CN1C(=O)[C@@H](CC(=O)N1CCCCC1)C(C)(C)C)C(=O)NS(=O)(=O)C1CC1.COc1ccc2c(O[C@@H]3C[C@H]4C(=O)C[C@]5(C(=O)NS(=O)(=O)C6CC6)C[C@H]5/C=C\CCCCC[C@H](CC(=O)N5CCCC(F)(F)C5)C(=O)N4C3)cc(-c3nc(C(C)C)cs3)nc2c1C. The van der Waals surface area contributed by atoms with E-state index < -0.39 is 131 Å². The zero-order valence-corrected chi connectivity index (χ0v) is 72.2. The van der Waals surface area contributed by atoms with E-state index in [-0.39, 0.29) is 113 Å². The summed E-state index contributed by atoms with van der Waals surface area (Å²) in [5.41, 5.74) is 1.89. The molecule has 8 fully saturated rings. The number of amides is 6. The smallest absolute Gasteiger partial charge is 0.265 e. The number of ketones is 2. The summed E-state index contributed by atoms with van der Waals surface area (Å²) in [6.45, 7) is 16.5. The molecule has 6 aromatic rings. The van der Waals surface area contributed by atoms with Crippen LogP contribution in [0.2, 0.25) is 0 Å². The van der Waals surface area contributed by atoms with Gasteiger partial charge in [-0.15, -0.1) is 17.9 Å². The van der Waals surface area contributed by atoms with Crippen molar-refractivity contribution in [1.29, 1.82) is 0 Å². The number of allylic oxidation sites excluding steroid dienone is 3. The molecule has 10 atom stereocenters. The van der Waals surface area contributed by atoms with Crippen LogP contribution < -0.4 is 28.4 Å². The number of benzene rings is 3.